The topological polar surface area (TPSA) is 124 Å². The van der Waals surface area contributed by atoms with Gasteiger partial charge in [0.25, 0.3) is 0 Å². The van der Waals surface area contributed by atoms with Crippen molar-refractivity contribution < 1.29 is 47.6 Å². The molecule has 10 nitrogen and oxygen atoms in total. The van der Waals surface area contributed by atoms with Gasteiger partial charge in [0.2, 0.25) is 0 Å². The Morgan fingerprint density at radius 1 is 0.808 bits per heavy atom. The molecule has 0 N–H and O–H groups in total. The van der Waals surface area contributed by atoms with E-state index >= 15 is 0 Å². The van der Waals surface area contributed by atoms with Crippen LogP contribution in [0.4, 0.5) is 9.59 Å². The van der Waals surface area contributed by atoms with Gasteiger partial charge in [-0.05, 0) is 31.4 Å². The predicted octanol–water partition coefficient (Wildman–Crippen LogP) is 1.61. The second-order valence-corrected chi connectivity index (χ2v) is 4.83. The maximum Gasteiger partial charge on any atom is 0.508 e. The molecule has 0 bridgehead atoms. The molecule has 0 aliphatic carbocycles. The average Bonchev–Trinajstić information content (AvgIpc) is 2.66. The Labute approximate surface area is 151 Å². The number of rotatable bonds is 10. The van der Waals surface area contributed by atoms with Crippen LogP contribution in [0.1, 0.15) is 19.3 Å². The van der Waals surface area contributed by atoms with Gasteiger partial charge in [0.1, 0.15) is 12.7 Å². The zero-order chi connectivity index (χ0) is 19.9. The number of ether oxygens (including phenoxy) is 6. The highest BCUT2D eigenvalue weighted by Crippen LogP contribution is 2.16. The van der Waals surface area contributed by atoms with Crippen LogP contribution in [-0.4, -0.2) is 65.4 Å². The lowest BCUT2D eigenvalue weighted by Gasteiger charge is -2.15. The summed E-state index contributed by atoms with van der Waals surface area (Å²) in [6.07, 6.45) is 1.28. The molecule has 0 amide bonds. The molecule has 10 heteroatoms. The first kappa shape index (κ1) is 23.2. The highest BCUT2D eigenvalue weighted by atomic mass is 16.7. The minimum atomic E-state index is -1.06. The summed E-state index contributed by atoms with van der Waals surface area (Å²) in [5, 5.41) is 0. The summed E-state index contributed by atoms with van der Waals surface area (Å²) >= 11 is 0. The molecule has 0 saturated heterocycles. The molecule has 148 valence electrons. The molecule has 0 fully saturated rings. The standard InChI is InChI=1S/C16H24O10/c1-21-13(17)12(14(18)22-2)9-5-7-11(26-16(20)24-4)8-6-10-25-15(19)23-3/h6,8,11-12H,5,7,9-10H2,1-4H3/b8-6+. The van der Waals surface area contributed by atoms with E-state index in [1.807, 2.05) is 0 Å². The van der Waals surface area contributed by atoms with Gasteiger partial charge in [-0.25, -0.2) is 9.59 Å². The molecule has 0 saturated carbocycles. The molecule has 0 aliphatic heterocycles. The van der Waals surface area contributed by atoms with Gasteiger partial charge in [-0.15, -0.1) is 0 Å². The lowest BCUT2D eigenvalue weighted by molar-refractivity contribution is -0.159. The van der Waals surface area contributed by atoms with E-state index in [4.69, 9.17) is 4.74 Å². The largest absolute Gasteiger partial charge is 0.508 e. The molecule has 0 rings (SSSR count). The smallest absolute Gasteiger partial charge is 0.468 e. The van der Waals surface area contributed by atoms with Crippen molar-refractivity contribution in [1.82, 2.24) is 0 Å². The van der Waals surface area contributed by atoms with Gasteiger partial charge >= 0.3 is 24.2 Å². The summed E-state index contributed by atoms with van der Waals surface area (Å²) in [6.45, 7) is -0.0827. The third-order valence-electron chi connectivity index (χ3n) is 3.18. The fraction of sp³-hybridized carbons (Fsp3) is 0.625. The molecule has 0 heterocycles. The van der Waals surface area contributed by atoms with Crippen LogP contribution in [0.2, 0.25) is 0 Å². The van der Waals surface area contributed by atoms with Crippen molar-refractivity contribution in [2.45, 2.75) is 25.4 Å². The van der Waals surface area contributed by atoms with Gasteiger partial charge in [-0.3, -0.25) is 9.59 Å². The van der Waals surface area contributed by atoms with E-state index in [0.29, 0.717) is 6.42 Å². The van der Waals surface area contributed by atoms with E-state index in [0.717, 1.165) is 7.11 Å². The van der Waals surface area contributed by atoms with Crippen LogP contribution in [0.15, 0.2) is 12.2 Å². The van der Waals surface area contributed by atoms with Crippen LogP contribution in [-0.2, 0) is 38.0 Å². The van der Waals surface area contributed by atoms with Gasteiger partial charge in [0, 0.05) is 0 Å². The van der Waals surface area contributed by atoms with Crippen molar-refractivity contribution >= 4 is 24.2 Å². The van der Waals surface area contributed by atoms with Crippen molar-refractivity contribution in [3.8, 4) is 0 Å². The first-order valence-electron chi connectivity index (χ1n) is 7.67. The van der Waals surface area contributed by atoms with Gasteiger partial charge in [0.05, 0.1) is 28.4 Å². The van der Waals surface area contributed by atoms with Gasteiger partial charge < -0.3 is 28.4 Å². The van der Waals surface area contributed by atoms with E-state index in [9.17, 15) is 19.2 Å². The lowest BCUT2D eigenvalue weighted by Crippen LogP contribution is -2.27. The maximum atomic E-state index is 11.6. The van der Waals surface area contributed by atoms with Crippen LogP contribution >= 0.6 is 0 Å². The van der Waals surface area contributed by atoms with Crippen LogP contribution in [0.5, 0.6) is 0 Å². The Morgan fingerprint density at radius 3 is 1.88 bits per heavy atom. The van der Waals surface area contributed by atoms with Crippen molar-refractivity contribution in [3.05, 3.63) is 12.2 Å². The van der Waals surface area contributed by atoms with Crippen LogP contribution in [0, 0.1) is 5.92 Å². The van der Waals surface area contributed by atoms with Crippen molar-refractivity contribution in [2.75, 3.05) is 35.0 Å². The van der Waals surface area contributed by atoms with E-state index in [2.05, 4.69) is 23.7 Å². The number of carbonyl (C=O) groups is 4. The summed E-state index contributed by atoms with van der Waals surface area (Å²) in [4.78, 5) is 45.3. The molecule has 0 aromatic rings. The second kappa shape index (κ2) is 13.5. The molecule has 1 unspecified atom stereocenters. The Hall–Kier alpha value is -2.78. The van der Waals surface area contributed by atoms with E-state index in [-0.39, 0.29) is 19.4 Å². The fourth-order valence-electron chi connectivity index (χ4n) is 1.89. The number of carbonyl (C=O) groups excluding carboxylic acids is 4. The first-order valence-corrected chi connectivity index (χ1v) is 7.67. The lowest BCUT2D eigenvalue weighted by atomic mass is 10.0. The van der Waals surface area contributed by atoms with Crippen molar-refractivity contribution in [1.29, 1.82) is 0 Å². The van der Waals surface area contributed by atoms with Crippen LogP contribution in [0.25, 0.3) is 0 Å². The van der Waals surface area contributed by atoms with Gasteiger partial charge in [-0.2, -0.15) is 0 Å². The number of hydrogen-bond acceptors (Lipinski definition) is 10. The molecule has 0 aliphatic rings. The minimum Gasteiger partial charge on any atom is -0.468 e. The molecule has 0 aromatic carbocycles. The Balaban J connectivity index is 4.67. The van der Waals surface area contributed by atoms with Gasteiger partial charge in [0.15, 0.2) is 5.92 Å². The zero-order valence-electron chi connectivity index (χ0n) is 15.2. The number of methoxy groups -OCH3 is 4. The highest BCUT2D eigenvalue weighted by Gasteiger charge is 2.28. The number of esters is 2. The fourth-order valence-corrected chi connectivity index (χ4v) is 1.89. The zero-order valence-corrected chi connectivity index (χ0v) is 15.2. The van der Waals surface area contributed by atoms with Crippen LogP contribution < -0.4 is 0 Å². The van der Waals surface area contributed by atoms with Crippen molar-refractivity contribution in [2.24, 2.45) is 5.92 Å². The highest BCUT2D eigenvalue weighted by molar-refractivity contribution is 5.94. The van der Waals surface area contributed by atoms with E-state index in [1.54, 1.807) is 0 Å². The molecule has 1 atom stereocenters. The summed E-state index contributed by atoms with van der Waals surface area (Å²) in [7, 11) is 4.68. The third-order valence-corrected chi connectivity index (χ3v) is 3.18. The summed E-state index contributed by atoms with van der Waals surface area (Å²) in [6, 6.07) is 0. The quantitative estimate of drug-likeness (QED) is 0.240. The summed E-state index contributed by atoms with van der Waals surface area (Å²) in [5.74, 6) is -2.47. The third kappa shape index (κ3) is 9.50. The number of hydrogen-bond donors (Lipinski definition) is 0. The molecule has 0 radical (unpaired) electrons. The minimum absolute atomic E-state index is 0.0827. The van der Waals surface area contributed by atoms with E-state index in [1.165, 1.54) is 33.5 Å². The first-order chi connectivity index (χ1) is 12.4. The van der Waals surface area contributed by atoms with E-state index < -0.39 is 36.3 Å². The van der Waals surface area contributed by atoms with Crippen LogP contribution in [0.3, 0.4) is 0 Å². The Morgan fingerprint density at radius 2 is 1.38 bits per heavy atom. The Kier molecular flexibility index (Phi) is 12.1. The molecular weight excluding hydrogens is 352 g/mol. The predicted molar refractivity (Wildman–Crippen MR) is 86.1 cm³/mol. The SMILES string of the molecule is COC(=O)OC/C=C/C(CCCC(C(=O)OC)C(=O)OC)OC(=O)OC. The van der Waals surface area contributed by atoms with Gasteiger partial charge in [-0.1, -0.05) is 0 Å². The monoisotopic (exact) mass is 376 g/mol. The second-order valence-electron chi connectivity index (χ2n) is 4.83. The Bertz CT molecular complexity index is 483. The molecule has 0 aromatic heterocycles. The maximum absolute atomic E-state index is 11.6. The molecule has 26 heavy (non-hydrogen) atoms. The van der Waals surface area contributed by atoms with Crippen molar-refractivity contribution in [3.63, 3.8) is 0 Å². The average molecular weight is 376 g/mol. The summed E-state index contributed by atoms with van der Waals surface area (Å²) < 4.78 is 27.6. The normalized spacial score (nSPS) is 11.6. The molecule has 0 spiro atoms. The molecular formula is C16H24O10. The summed E-state index contributed by atoms with van der Waals surface area (Å²) in [5.41, 5.74) is 0.